The lowest BCUT2D eigenvalue weighted by Gasteiger charge is -2.18. The zero-order valence-electron chi connectivity index (χ0n) is 12.7. The first-order chi connectivity index (χ1) is 11.1. The zero-order valence-corrected chi connectivity index (χ0v) is 13.6. The van der Waals surface area contributed by atoms with Crippen LogP contribution in [0.3, 0.4) is 0 Å². The second-order valence-electron chi connectivity index (χ2n) is 4.72. The van der Waals surface area contributed by atoms with Crippen LogP contribution in [0.15, 0.2) is 47.4 Å². The summed E-state index contributed by atoms with van der Waals surface area (Å²) in [6.45, 7) is 0. The van der Waals surface area contributed by atoms with Gasteiger partial charge in [-0.15, -0.1) is 11.8 Å². The van der Waals surface area contributed by atoms with E-state index in [2.05, 4.69) is 5.32 Å². The van der Waals surface area contributed by atoms with E-state index >= 15 is 0 Å². The maximum atomic E-state index is 11.6. The van der Waals surface area contributed by atoms with E-state index in [0.29, 0.717) is 22.6 Å². The molecule has 0 saturated carbocycles. The first-order valence-corrected chi connectivity index (χ1v) is 8.03. The van der Waals surface area contributed by atoms with Crippen LogP contribution in [0.2, 0.25) is 0 Å². The molecule has 0 fully saturated rings. The lowest BCUT2D eigenvalue weighted by atomic mass is 10.1. The molecule has 0 heterocycles. The summed E-state index contributed by atoms with van der Waals surface area (Å²) in [7, 11) is 1.58. The molecule has 1 unspecified atom stereocenters. The number of hydrogen-bond donors (Lipinski definition) is 2. The molecule has 2 aromatic rings. The Morgan fingerprint density at radius 2 is 2.00 bits per heavy atom. The third-order valence-electron chi connectivity index (χ3n) is 3.31. The molecule has 0 aliphatic rings. The van der Waals surface area contributed by atoms with Gasteiger partial charge in [-0.05, 0) is 48.2 Å². The number of carboxylic acids is 1. The fraction of sp³-hybridized carbons (Fsp3) is 0.176. The molecule has 0 amide bonds. The molecule has 0 aliphatic carbocycles. The summed E-state index contributed by atoms with van der Waals surface area (Å²) in [4.78, 5) is 12.5. The minimum Gasteiger partial charge on any atom is -0.496 e. The van der Waals surface area contributed by atoms with Crippen molar-refractivity contribution in [3.05, 3.63) is 53.6 Å². The Kier molecular flexibility index (Phi) is 5.50. The molecular weight excluding hydrogens is 312 g/mol. The topological polar surface area (TPSA) is 82.3 Å². The largest absolute Gasteiger partial charge is 0.496 e. The number of carboxylic acid groups (broad SMARTS) is 1. The van der Waals surface area contributed by atoms with E-state index in [1.807, 2.05) is 12.3 Å². The Labute approximate surface area is 138 Å². The standard InChI is InChI=1S/C17H16N2O3S/c1-22-14-8-5-12(9-15(14)23-2)16(17(20)21)19-13-6-3-11(10-18)4-7-13/h3-9,16,19H,1-2H3,(H,20,21). The number of rotatable bonds is 6. The van der Waals surface area contributed by atoms with Gasteiger partial charge in [-0.3, -0.25) is 0 Å². The number of aliphatic carboxylic acids is 1. The van der Waals surface area contributed by atoms with Gasteiger partial charge >= 0.3 is 5.97 Å². The molecule has 0 spiro atoms. The fourth-order valence-corrected chi connectivity index (χ4v) is 2.73. The Morgan fingerprint density at radius 1 is 1.30 bits per heavy atom. The second kappa shape index (κ2) is 7.56. The van der Waals surface area contributed by atoms with Crippen molar-refractivity contribution in [3.8, 4) is 11.8 Å². The van der Waals surface area contributed by atoms with E-state index in [1.54, 1.807) is 49.6 Å². The van der Waals surface area contributed by atoms with Gasteiger partial charge < -0.3 is 15.2 Å². The molecule has 2 N–H and O–H groups in total. The summed E-state index contributed by atoms with van der Waals surface area (Å²) in [6, 6.07) is 13.1. The number of ether oxygens (including phenoxy) is 1. The van der Waals surface area contributed by atoms with E-state index < -0.39 is 12.0 Å². The van der Waals surface area contributed by atoms with Crippen molar-refractivity contribution < 1.29 is 14.6 Å². The van der Waals surface area contributed by atoms with E-state index in [0.717, 1.165) is 4.90 Å². The Bertz CT molecular complexity index is 738. The van der Waals surface area contributed by atoms with Gasteiger partial charge in [0, 0.05) is 10.6 Å². The van der Waals surface area contributed by atoms with Crippen molar-refractivity contribution in [2.75, 3.05) is 18.7 Å². The molecule has 0 saturated heterocycles. The van der Waals surface area contributed by atoms with Crippen LogP contribution < -0.4 is 10.1 Å². The van der Waals surface area contributed by atoms with Crippen molar-refractivity contribution in [1.82, 2.24) is 0 Å². The molecular formula is C17H16N2O3S. The summed E-state index contributed by atoms with van der Waals surface area (Å²) in [6.07, 6.45) is 1.91. The molecule has 1 atom stereocenters. The van der Waals surface area contributed by atoms with Crippen molar-refractivity contribution in [2.45, 2.75) is 10.9 Å². The lowest BCUT2D eigenvalue weighted by molar-refractivity contribution is -0.138. The highest BCUT2D eigenvalue weighted by Gasteiger charge is 2.21. The maximum absolute atomic E-state index is 11.6. The number of hydrogen-bond acceptors (Lipinski definition) is 5. The number of carbonyl (C=O) groups is 1. The molecule has 118 valence electrons. The van der Waals surface area contributed by atoms with Crippen molar-refractivity contribution >= 4 is 23.4 Å². The van der Waals surface area contributed by atoms with Crippen LogP contribution in [0, 0.1) is 11.3 Å². The zero-order chi connectivity index (χ0) is 16.8. The smallest absolute Gasteiger partial charge is 0.330 e. The quantitative estimate of drug-likeness (QED) is 0.790. The number of methoxy groups -OCH3 is 1. The Hall–Kier alpha value is -2.65. The number of benzene rings is 2. The molecule has 0 bridgehead atoms. The van der Waals surface area contributed by atoms with Crippen LogP contribution in [0.4, 0.5) is 5.69 Å². The van der Waals surface area contributed by atoms with Crippen LogP contribution in [0.5, 0.6) is 5.75 Å². The second-order valence-corrected chi connectivity index (χ2v) is 5.57. The summed E-state index contributed by atoms with van der Waals surface area (Å²) < 4.78 is 5.26. The van der Waals surface area contributed by atoms with Crippen LogP contribution in [0.1, 0.15) is 17.2 Å². The molecule has 0 aromatic heterocycles. The molecule has 2 rings (SSSR count). The van der Waals surface area contributed by atoms with Gasteiger partial charge in [0.1, 0.15) is 5.75 Å². The van der Waals surface area contributed by atoms with Gasteiger partial charge in [-0.1, -0.05) is 6.07 Å². The lowest BCUT2D eigenvalue weighted by Crippen LogP contribution is -2.20. The minimum atomic E-state index is -0.980. The fourth-order valence-electron chi connectivity index (χ4n) is 2.13. The first-order valence-electron chi connectivity index (χ1n) is 6.80. The third-order valence-corrected chi connectivity index (χ3v) is 4.07. The maximum Gasteiger partial charge on any atom is 0.330 e. The molecule has 0 radical (unpaired) electrons. The Balaban J connectivity index is 2.31. The highest BCUT2D eigenvalue weighted by Crippen LogP contribution is 2.31. The summed E-state index contributed by atoms with van der Waals surface area (Å²) in [5.41, 5.74) is 1.79. The van der Waals surface area contributed by atoms with Gasteiger partial charge in [0.2, 0.25) is 0 Å². The monoisotopic (exact) mass is 328 g/mol. The van der Waals surface area contributed by atoms with E-state index in [4.69, 9.17) is 10.00 Å². The number of nitriles is 1. The number of thioether (sulfide) groups is 1. The average Bonchev–Trinajstić information content (AvgIpc) is 2.59. The molecule has 6 heteroatoms. The van der Waals surface area contributed by atoms with E-state index in [9.17, 15) is 9.90 Å². The highest BCUT2D eigenvalue weighted by molar-refractivity contribution is 7.98. The third kappa shape index (κ3) is 3.96. The van der Waals surface area contributed by atoms with Gasteiger partial charge in [-0.25, -0.2) is 4.79 Å². The normalized spacial score (nSPS) is 11.3. The van der Waals surface area contributed by atoms with Crippen LogP contribution in [-0.2, 0) is 4.79 Å². The van der Waals surface area contributed by atoms with Crippen LogP contribution in [-0.4, -0.2) is 24.4 Å². The minimum absolute atomic E-state index is 0.525. The van der Waals surface area contributed by atoms with Gasteiger partial charge in [-0.2, -0.15) is 5.26 Å². The molecule has 0 aliphatic heterocycles. The predicted octanol–water partition coefficient (Wildman–Crippen LogP) is 3.53. The van der Waals surface area contributed by atoms with Crippen molar-refractivity contribution in [3.63, 3.8) is 0 Å². The summed E-state index contributed by atoms with van der Waals surface area (Å²) in [5, 5.41) is 21.3. The van der Waals surface area contributed by atoms with Gasteiger partial charge in [0.15, 0.2) is 6.04 Å². The van der Waals surface area contributed by atoms with E-state index in [-0.39, 0.29) is 0 Å². The van der Waals surface area contributed by atoms with Gasteiger partial charge in [0.05, 0.1) is 18.7 Å². The average molecular weight is 328 g/mol. The van der Waals surface area contributed by atoms with Crippen LogP contribution >= 0.6 is 11.8 Å². The van der Waals surface area contributed by atoms with Crippen molar-refractivity contribution in [1.29, 1.82) is 5.26 Å². The SMILES string of the molecule is COc1ccc(C(Nc2ccc(C#N)cc2)C(=O)O)cc1SC. The molecule has 5 nitrogen and oxygen atoms in total. The number of nitrogens with zero attached hydrogens (tertiary/aromatic N) is 1. The van der Waals surface area contributed by atoms with Crippen molar-refractivity contribution in [2.24, 2.45) is 0 Å². The number of anilines is 1. The highest BCUT2D eigenvalue weighted by atomic mass is 32.2. The van der Waals surface area contributed by atoms with E-state index in [1.165, 1.54) is 11.8 Å². The summed E-state index contributed by atoms with van der Waals surface area (Å²) in [5.74, 6) is -0.268. The number of nitrogens with one attached hydrogen (secondary N) is 1. The molecule has 23 heavy (non-hydrogen) atoms. The molecule has 2 aromatic carbocycles. The van der Waals surface area contributed by atoms with Crippen LogP contribution in [0.25, 0.3) is 0 Å². The Morgan fingerprint density at radius 3 is 2.52 bits per heavy atom. The van der Waals surface area contributed by atoms with Gasteiger partial charge in [0.25, 0.3) is 0 Å². The summed E-state index contributed by atoms with van der Waals surface area (Å²) >= 11 is 1.49. The first kappa shape index (κ1) is 16.7. The predicted molar refractivity (Wildman–Crippen MR) is 89.9 cm³/mol.